The molecule has 1 amide bonds. The maximum atomic E-state index is 12.4. The van der Waals surface area contributed by atoms with Crippen molar-refractivity contribution in [1.29, 1.82) is 0 Å². The van der Waals surface area contributed by atoms with Crippen molar-refractivity contribution in [2.45, 2.75) is 13.0 Å². The van der Waals surface area contributed by atoms with Crippen molar-refractivity contribution in [1.82, 2.24) is 24.8 Å². The summed E-state index contributed by atoms with van der Waals surface area (Å²) >= 11 is 6.52. The number of halogens is 1. The third-order valence-electron chi connectivity index (χ3n) is 6.49. The molecule has 4 aromatic rings. The van der Waals surface area contributed by atoms with Crippen LogP contribution in [0.25, 0.3) is 10.9 Å². The van der Waals surface area contributed by atoms with Gasteiger partial charge in [0.2, 0.25) is 5.91 Å². The minimum atomic E-state index is 0.152. The van der Waals surface area contributed by atoms with E-state index >= 15 is 0 Å². The van der Waals surface area contributed by atoms with E-state index in [-0.39, 0.29) is 11.8 Å². The largest absolute Gasteiger partial charge is 0.492 e. The minimum absolute atomic E-state index is 0.152. The van der Waals surface area contributed by atoms with E-state index in [2.05, 4.69) is 20.3 Å². The maximum Gasteiger partial charge on any atom is 0.236 e. The molecule has 1 N–H and O–H groups in total. The zero-order valence-electron chi connectivity index (χ0n) is 22.0. The number of carbonyl (C=O) groups excluding carboxylic acids is 1. The molecule has 2 aromatic carbocycles. The summed E-state index contributed by atoms with van der Waals surface area (Å²) in [5, 5.41) is 4.61. The number of ether oxygens (including phenoxy) is 2. The molecule has 1 fully saturated rings. The summed E-state index contributed by atoms with van der Waals surface area (Å²) in [6.07, 6.45) is 4.16. The van der Waals surface area contributed by atoms with Crippen molar-refractivity contribution in [2.75, 3.05) is 45.7 Å². The lowest BCUT2D eigenvalue weighted by molar-refractivity contribution is -0.130. The van der Waals surface area contributed by atoms with Crippen LogP contribution in [0.4, 0.5) is 11.5 Å². The maximum absolute atomic E-state index is 12.4. The lowest BCUT2D eigenvalue weighted by Gasteiger charge is -2.19. The molecule has 1 aliphatic heterocycles. The molecule has 39 heavy (non-hydrogen) atoms. The SMILES string of the molecule is CN(C)CC(=O)N1CCC(COc2cccc3ncnc(Nc4ccc(OCc5ccccn5)c(Cl)c4)c23)C1. The topological polar surface area (TPSA) is 92.7 Å². The molecule has 1 saturated heterocycles. The first-order valence-electron chi connectivity index (χ1n) is 12.8. The van der Waals surface area contributed by atoms with Gasteiger partial charge in [-0.15, -0.1) is 0 Å². The Labute approximate surface area is 232 Å². The number of aromatic nitrogens is 3. The number of fused-ring (bicyclic) bond motifs is 1. The number of amides is 1. The number of likely N-dealkylation sites (N-methyl/N-ethyl adjacent to an activating group) is 1. The summed E-state index contributed by atoms with van der Waals surface area (Å²) in [7, 11) is 3.81. The van der Waals surface area contributed by atoms with Gasteiger partial charge in [-0.05, 0) is 63.0 Å². The highest BCUT2D eigenvalue weighted by Gasteiger charge is 2.27. The Hall–Kier alpha value is -3.95. The van der Waals surface area contributed by atoms with E-state index in [9.17, 15) is 4.79 Å². The van der Waals surface area contributed by atoms with Crippen LogP contribution in [0.1, 0.15) is 12.1 Å². The summed E-state index contributed by atoms with van der Waals surface area (Å²) in [5.41, 5.74) is 2.34. The van der Waals surface area contributed by atoms with E-state index in [1.165, 1.54) is 6.33 Å². The van der Waals surface area contributed by atoms with E-state index in [1.807, 2.05) is 72.4 Å². The lowest BCUT2D eigenvalue weighted by Crippen LogP contribution is -2.36. The molecule has 0 spiro atoms. The van der Waals surface area contributed by atoms with Crippen LogP contribution >= 0.6 is 11.6 Å². The van der Waals surface area contributed by atoms with Crippen molar-refractivity contribution in [3.05, 3.63) is 77.8 Å². The quantitative estimate of drug-likeness (QED) is 0.303. The second-order valence-corrected chi connectivity index (χ2v) is 10.2. The van der Waals surface area contributed by atoms with E-state index < -0.39 is 0 Å². The van der Waals surface area contributed by atoms with Gasteiger partial charge in [0.1, 0.15) is 30.3 Å². The zero-order chi connectivity index (χ0) is 27.2. The lowest BCUT2D eigenvalue weighted by atomic mass is 10.1. The Morgan fingerprint density at radius 3 is 2.77 bits per heavy atom. The number of likely N-dealkylation sites (tertiary alicyclic amines) is 1. The molecule has 10 heteroatoms. The zero-order valence-corrected chi connectivity index (χ0v) is 22.8. The fourth-order valence-electron chi connectivity index (χ4n) is 4.53. The predicted octanol–water partition coefficient (Wildman–Crippen LogP) is 4.79. The van der Waals surface area contributed by atoms with Crippen LogP contribution in [0.5, 0.6) is 11.5 Å². The van der Waals surface area contributed by atoms with Crippen molar-refractivity contribution in [3.63, 3.8) is 0 Å². The van der Waals surface area contributed by atoms with Crippen molar-refractivity contribution in [2.24, 2.45) is 5.92 Å². The first-order chi connectivity index (χ1) is 19.0. The van der Waals surface area contributed by atoms with Crippen molar-refractivity contribution >= 4 is 39.9 Å². The molecule has 1 atom stereocenters. The molecule has 0 radical (unpaired) electrons. The highest BCUT2D eigenvalue weighted by molar-refractivity contribution is 6.32. The number of rotatable bonds is 10. The van der Waals surface area contributed by atoms with Gasteiger partial charge in [-0.2, -0.15) is 0 Å². The molecular weight excluding hydrogens is 516 g/mol. The summed E-state index contributed by atoms with van der Waals surface area (Å²) in [6.45, 7) is 2.71. The summed E-state index contributed by atoms with van der Waals surface area (Å²) in [4.78, 5) is 29.4. The van der Waals surface area contributed by atoms with Gasteiger partial charge in [-0.1, -0.05) is 23.7 Å². The van der Waals surface area contributed by atoms with Crippen LogP contribution in [0.3, 0.4) is 0 Å². The molecule has 5 rings (SSSR count). The Kier molecular flexibility index (Phi) is 8.39. The van der Waals surface area contributed by atoms with Gasteiger partial charge in [0.05, 0.1) is 34.8 Å². The molecule has 9 nitrogen and oxygen atoms in total. The monoisotopic (exact) mass is 546 g/mol. The number of carbonyl (C=O) groups is 1. The Bertz CT molecular complexity index is 1430. The number of nitrogens with one attached hydrogen (secondary N) is 1. The summed E-state index contributed by atoms with van der Waals surface area (Å²) in [5.74, 6) is 2.29. The van der Waals surface area contributed by atoms with E-state index in [1.54, 1.807) is 12.3 Å². The van der Waals surface area contributed by atoms with Gasteiger partial charge >= 0.3 is 0 Å². The molecule has 0 saturated carbocycles. The number of anilines is 2. The molecule has 2 aromatic heterocycles. The van der Waals surface area contributed by atoms with Crippen LogP contribution < -0.4 is 14.8 Å². The molecular formula is C29H31ClN6O3. The normalized spacial score (nSPS) is 15.1. The van der Waals surface area contributed by atoms with Gasteiger partial charge in [0.15, 0.2) is 0 Å². The van der Waals surface area contributed by atoms with E-state index in [4.69, 9.17) is 21.1 Å². The van der Waals surface area contributed by atoms with Crippen molar-refractivity contribution < 1.29 is 14.3 Å². The van der Waals surface area contributed by atoms with Gasteiger partial charge in [-0.25, -0.2) is 9.97 Å². The summed E-state index contributed by atoms with van der Waals surface area (Å²) in [6, 6.07) is 16.9. The minimum Gasteiger partial charge on any atom is -0.492 e. The average Bonchev–Trinajstić information content (AvgIpc) is 3.41. The third-order valence-corrected chi connectivity index (χ3v) is 6.78. The number of hydrogen-bond donors (Lipinski definition) is 1. The van der Waals surface area contributed by atoms with Crippen molar-refractivity contribution in [3.8, 4) is 11.5 Å². The molecule has 0 bridgehead atoms. The summed E-state index contributed by atoms with van der Waals surface area (Å²) < 4.78 is 12.1. The fraction of sp³-hybridized carbons (Fsp3) is 0.310. The van der Waals surface area contributed by atoms with Crippen LogP contribution in [-0.2, 0) is 11.4 Å². The molecule has 1 aliphatic rings. The molecule has 1 unspecified atom stereocenters. The Morgan fingerprint density at radius 1 is 1.08 bits per heavy atom. The van der Waals surface area contributed by atoms with Crippen LogP contribution in [0, 0.1) is 5.92 Å². The van der Waals surface area contributed by atoms with Crippen LogP contribution in [-0.4, -0.2) is 71.0 Å². The highest BCUT2D eigenvalue weighted by atomic mass is 35.5. The van der Waals surface area contributed by atoms with E-state index in [0.29, 0.717) is 48.6 Å². The Balaban J connectivity index is 1.27. The number of pyridine rings is 1. The molecule has 3 heterocycles. The second-order valence-electron chi connectivity index (χ2n) is 9.80. The van der Waals surface area contributed by atoms with Gasteiger partial charge in [-0.3, -0.25) is 9.78 Å². The Morgan fingerprint density at radius 2 is 1.97 bits per heavy atom. The number of benzene rings is 2. The second kappa shape index (κ2) is 12.3. The number of nitrogens with zero attached hydrogens (tertiary/aromatic N) is 5. The first kappa shape index (κ1) is 26.6. The average molecular weight is 547 g/mol. The molecule has 202 valence electrons. The van der Waals surface area contributed by atoms with E-state index in [0.717, 1.165) is 35.2 Å². The standard InChI is InChI=1S/C29H31ClN6O3/c1-35(2)16-27(37)36-13-11-20(15-36)17-38-26-8-5-7-24-28(26)29(33-19-32-24)34-21-9-10-25(23(30)14-21)39-18-22-6-3-4-12-31-22/h3-10,12,14,19-20H,11,13,15-18H2,1-2H3,(H,32,33,34). The smallest absolute Gasteiger partial charge is 0.236 e. The molecule has 0 aliphatic carbocycles. The van der Waals surface area contributed by atoms with Gasteiger partial charge < -0.3 is 24.6 Å². The van der Waals surface area contributed by atoms with Crippen LogP contribution in [0.15, 0.2) is 67.1 Å². The van der Waals surface area contributed by atoms with Gasteiger partial charge in [0, 0.05) is 30.9 Å². The first-order valence-corrected chi connectivity index (χ1v) is 13.2. The van der Waals surface area contributed by atoms with Gasteiger partial charge in [0.25, 0.3) is 0 Å². The highest BCUT2D eigenvalue weighted by Crippen LogP contribution is 2.34. The number of hydrogen-bond acceptors (Lipinski definition) is 8. The third kappa shape index (κ3) is 6.74. The predicted molar refractivity (Wildman–Crippen MR) is 152 cm³/mol. The fourth-order valence-corrected chi connectivity index (χ4v) is 4.77. The van der Waals surface area contributed by atoms with Crippen LogP contribution in [0.2, 0.25) is 5.02 Å².